The van der Waals surface area contributed by atoms with E-state index in [0.717, 1.165) is 0 Å². The summed E-state index contributed by atoms with van der Waals surface area (Å²) in [4.78, 5) is 15.8. The second kappa shape index (κ2) is 5.75. The maximum atomic E-state index is 13.5. The maximum absolute atomic E-state index is 13.5. The Balaban J connectivity index is 1.70. The minimum atomic E-state index is -0.519. The normalized spacial score (nSPS) is 16.1. The summed E-state index contributed by atoms with van der Waals surface area (Å²) in [5, 5.41) is 0. The van der Waals surface area contributed by atoms with Crippen molar-refractivity contribution in [3.63, 3.8) is 0 Å². The molecular weight excluding hydrogens is 273 g/mol. The molecule has 2 aromatic rings. The number of aliphatic imine (C=N–C) groups is 1. The van der Waals surface area contributed by atoms with Gasteiger partial charge in [0.1, 0.15) is 11.6 Å². The summed E-state index contributed by atoms with van der Waals surface area (Å²) in [5.74, 6) is 0.0332. The van der Waals surface area contributed by atoms with Gasteiger partial charge in [-0.1, -0.05) is 18.2 Å². The number of carbonyl (C=O) groups is 1. The van der Waals surface area contributed by atoms with E-state index in [1.807, 2.05) is 0 Å². The molecule has 0 unspecified atom stereocenters. The first-order chi connectivity index (χ1) is 10.2. The fourth-order valence-corrected chi connectivity index (χ4v) is 2.01. The number of carbonyl (C=O) groups excluding carboxylic acids is 1. The van der Waals surface area contributed by atoms with Gasteiger partial charge in [-0.3, -0.25) is 0 Å². The van der Waals surface area contributed by atoms with E-state index < -0.39 is 5.97 Å². The highest BCUT2D eigenvalue weighted by Crippen LogP contribution is 2.18. The zero-order chi connectivity index (χ0) is 14.7. The van der Waals surface area contributed by atoms with Crippen LogP contribution in [-0.2, 0) is 16.0 Å². The van der Waals surface area contributed by atoms with Crippen molar-refractivity contribution >= 4 is 17.9 Å². The lowest BCUT2D eigenvalue weighted by Crippen LogP contribution is -2.05. The summed E-state index contributed by atoms with van der Waals surface area (Å²) < 4.78 is 23.7. The predicted octanol–water partition coefficient (Wildman–Crippen LogP) is 3.35. The van der Waals surface area contributed by atoms with Crippen LogP contribution in [0.2, 0.25) is 0 Å². The van der Waals surface area contributed by atoms with Gasteiger partial charge in [-0.05, 0) is 30.2 Å². The molecule has 2 heterocycles. The molecule has 0 aliphatic carbocycles. The number of rotatable bonds is 4. The Bertz CT molecular complexity index is 717. The Morgan fingerprint density at radius 1 is 1.14 bits per heavy atom. The molecule has 1 aliphatic heterocycles. The summed E-state index contributed by atoms with van der Waals surface area (Å²) in [6.07, 6.45) is 3.81. The van der Waals surface area contributed by atoms with E-state index in [1.165, 1.54) is 18.4 Å². The van der Waals surface area contributed by atoms with E-state index >= 15 is 0 Å². The maximum Gasteiger partial charge on any atom is 0.363 e. The average Bonchev–Trinajstić information content (AvgIpc) is 3.09. The van der Waals surface area contributed by atoms with Gasteiger partial charge in [-0.25, -0.2) is 14.2 Å². The fraction of sp³-hybridized carbons (Fsp3) is 0.125. The van der Waals surface area contributed by atoms with Gasteiger partial charge >= 0.3 is 5.97 Å². The van der Waals surface area contributed by atoms with Crippen LogP contribution in [0.5, 0.6) is 0 Å². The number of furan rings is 1. The molecule has 0 radical (unpaired) electrons. The van der Waals surface area contributed by atoms with E-state index in [-0.39, 0.29) is 11.5 Å². The highest BCUT2D eigenvalue weighted by atomic mass is 19.1. The first-order valence-corrected chi connectivity index (χ1v) is 6.51. The molecule has 0 saturated carbocycles. The number of ether oxygens (including phenoxy) is 1. The summed E-state index contributed by atoms with van der Waals surface area (Å²) in [5.41, 5.74) is 0.758. The number of aryl methyl sites for hydroxylation is 1. The summed E-state index contributed by atoms with van der Waals surface area (Å²) >= 11 is 0. The zero-order valence-electron chi connectivity index (χ0n) is 11.1. The Kier molecular flexibility index (Phi) is 3.64. The largest absolute Gasteiger partial charge is 0.465 e. The van der Waals surface area contributed by atoms with Crippen LogP contribution in [0.25, 0.3) is 6.08 Å². The number of hydrogen-bond acceptors (Lipinski definition) is 4. The Morgan fingerprint density at radius 3 is 2.76 bits per heavy atom. The first-order valence-electron chi connectivity index (χ1n) is 6.51. The highest BCUT2D eigenvalue weighted by molar-refractivity contribution is 6.07. The second-order valence-corrected chi connectivity index (χ2v) is 4.53. The lowest BCUT2D eigenvalue weighted by atomic mass is 10.1. The predicted molar refractivity (Wildman–Crippen MR) is 74.9 cm³/mol. The third-order valence-electron chi connectivity index (χ3n) is 3.05. The number of halogens is 1. The van der Waals surface area contributed by atoms with Crippen LogP contribution in [0.4, 0.5) is 4.39 Å². The molecule has 0 atom stereocenters. The van der Waals surface area contributed by atoms with Crippen molar-refractivity contribution in [3.8, 4) is 0 Å². The van der Waals surface area contributed by atoms with Gasteiger partial charge in [0.25, 0.3) is 0 Å². The molecule has 0 saturated heterocycles. The third-order valence-corrected chi connectivity index (χ3v) is 3.05. The van der Waals surface area contributed by atoms with Gasteiger partial charge < -0.3 is 9.15 Å². The molecule has 106 valence electrons. The standard InChI is InChI=1S/C16H12FNO3/c17-13-6-2-1-4-11(13)7-8-15-18-14(16(19)21-15)10-12-5-3-9-20-12/h1-6,9-10H,7-8H2/b14-10+. The van der Waals surface area contributed by atoms with Crippen LogP contribution in [0, 0.1) is 5.82 Å². The van der Waals surface area contributed by atoms with Crippen molar-refractivity contribution < 1.29 is 18.3 Å². The number of cyclic esters (lactones) is 1. The van der Waals surface area contributed by atoms with Crippen molar-refractivity contribution in [3.05, 3.63) is 65.5 Å². The van der Waals surface area contributed by atoms with E-state index in [1.54, 1.807) is 30.3 Å². The van der Waals surface area contributed by atoms with Gasteiger partial charge in [0.05, 0.1) is 6.26 Å². The smallest absolute Gasteiger partial charge is 0.363 e. The fourth-order valence-electron chi connectivity index (χ4n) is 2.01. The molecule has 3 rings (SSSR count). The van der Waals surface area contributed by atoms with Gasteiger partial charge in [-0.15, -0.1) is 0 Å². The summed E-state index contributed by atoms with van der Waals surface area (Å²) in [6.45, 7) is 0. The van der Waals surface area contributed by atoms with Crippen LogP contribution in [0.3, 0.4) is 0 Å². The number of nitrogens with zero attached hydrogens (tertiary/aromatic N) is 1. The molecule has 0 amide bonds. The second-order valence-electron chi connectivity index (χ2n) is 4.53. The van der Waals surface area contributed by atoms with Crippen LogP contribution < -0.4 is 0 Å². The van der Waals surface area contributed by atoms with E-state index in [4.69, 9.17) is 9.15 Å². The first kappa shape index (κ1) is 13.3. The Hall–Kier alpha value is -2.69. The molecule has 4 nitrogen and oxygen atoms in total. The SMILES string of the molecule is O=C1OC(CCc2ccccc2F)=N/C1=C/c1ccco1. The van der Waals surface area contributed by atoms with E-state index in [2.05, 4.69) is 4.99 Å². The number of esters is 1. The molecular formula is C16H12FNO3. The van der Waals surface area contributed by atoms with Crippen molar-refractivity contribution in [1.29, 1.82) is 0 Å². The molecule has 21 heavy (non-hydrogen) atoms. The van der Waals surface area contributed by atoms with Gasteiger partial charge in [-0.2, -0.15) is 0 Å². The quantitative estimate of drug-likeness (QED) is 0.639. The van der Waals surface area contributed by atoms with E-state index in [0.29, 0.717) is 30.1 Å². The average molecular weight is 285 g/mol. The monoisotopic (exact) mass is 285 g/mol. The Labute approximate surface area is 120 Å². The molecule has 0 spiro atoms. The van der Waals surface area contributed by atoms with Gasteiger partial charge in [0, 0.05) is 12.5 Å². The number of benzene rings is 1. The van der Waals surface area contributed by atoms with Crippen LogP contribution in [-0.4, -0.2) is 11.9 Å². The Morgan fingerprint density at radius 2 is 2.00 bits per heavy atom. The third kappa shape index (κ3) is 3.08. The van der Waals surface area contributed by atoms with Crippen LogP contribution >= 0.6 is 0 Å². The summed E-state index contributed by atoms with van der Waals surface area (Å²) in [7, 11) is 0. The molecule has 1 aromatic heterocycles. The van der Waals surface area contributed by atoms with Gasteiger partial charge in [0.15, 0.2) is 11.6 Å². The van der Waals surface area contributed by atoms with Crippen LogP contribution in [0.1, 0.15) is 17.7 Å². The zero-order valence-corrected chi connectivity index (χ0v) is 11.1. The van der Waals surface area contributed by atoms with Gasteiger partial charge in [0.2, 0.25) is 0 Å². The minimum Gasteiger partial charge on any atom is -0.465 e. The minimum absolute atomic E-state index is 0.188. The highest BCUT2D eigenvalue weighted by Gasteiger charge is 2.23. The molecule has 1 aliphatic rings. The topological polar surface area (TPSA) is 51.8 Å². The molecule has 1 aromatic carbocycles. The van der Waals surface area contributed by atoms with Crippen molar-refractivity contribution in [1.82, 2.24) is 0 Å². The lowest BCUT2D eigenvalue weighted by molar-refractivity contribution is -0.130. The van der Waals surface area contributed by atoms with Crippen LogP contribution in [0.15, 0.2) is 57.8 Å². The molecule has 0 bridgehead atoms. The van der Waals surface area contributed by atoms with E-state index in [9.17, 15) is 9.18 Å². The molecule has 5 heteroatoms. The number of hydrogen-bond donors (Lipinski definition) is 0. The summed E-state index contributed by atoms with van der Waals surface area (Å²) in [6, 6.07) is 9.94. The molecule has 0 N–H and O–H groups in total. The van der Waals surface area contributed by atoms with Crippen molar-refractivity contribution in [2.75, 3.05) is 0 Å². The molecule has 0 fully saturated rings. The lowest BCUT2D eigenvalue weighted by Gasteiger charge is -2.01. The van der Waals surface area contributed by atoms with Crippen molar-refractivity contribution in [2.45, 2.75) is 12.8 Å². The van der Waals surface area contributed by atoms with Crippen molar-refractivity contribution in [2.24, 2.45) is 4.99 Å².